The number of hydrogen-bond acceptors (Lipinski definition) is 5. The molecule has 0 spiro atoms. The molecular formula is C18H19N3O4. The van der Waals surface area contributed by atoms with Gasteiger partial charge in [0.25, 0.3) is 0 Å². The molecule has 7 heteroatoms. The fraction of sp³-hybridized carbons (Fsp3) is 0.389. The van der Waals surface area contributed by atoms with Gasteiger partial charge in [0.2, 0.25) is 5.91 Å². The quantitative estimate of drug-likeness (QED) is 0.838. The summed E-state index contributed by atoms with van der Waals surface area (Å²) in [4.78, 5) is 25.6. The minimum Gasteiger partial charge on any atom is -0.477 e. The van der Waals surface area contributed by atoms with Crippen molar-refractivity contribution in [2.45, 2.75) is 25.3 Å². The van der Waals surface area contributed by atoms with Gasteiger partial charge in [0.1, 0.15) is 0 Å². The van der Waals surface area contributed by atoms with Crippen LogP contribution in [0.5, 0.6) is 0 Å². The molecule has 4 rings (SSSR count). The molecule has 0 radical (unpaired) electrons. The van der Waals surface area contributed by atoms with Gasteiger partial charge in [-0.3, -0.25) is 4.79 Å². The van der Waals surface area contributed by atoms with E-state index in [1.165, 1.54) is 0 Å². The molecule has 2 aliphatic rings. The second kappa shape index (κ2) is 6.23. The molecule has 2 fully saturated rings. The lowest BCUT2D eigenvalue weighted by Crippen LogP contribution is -2.28. The molecule has 1 saturated heterocycles. The van der Waals surface area contributed by atoms with Crippen LogP contribution in [-0.4, -0.2) is 46.2 Å². The number of carboxylic acid groups (broad SMARTS) is 1. The Hall–Kier alpha value is -2.83. The van der Waals surface area contributed by atoms with Crippen molar-refractivity contribution in [2.24, 2.45) is 5.92 Å². The van der Waals surface area contributed by atoms with E-state index in [1.54, 1.807) is 12.1 Å². The lowest BCUT2D eigenvalue weighted by atomic mass is 10.1. The molecule has 1 unspecified atom stereocenters. The van der Waals surface area contributed by atoms with Gasteiger partial charge in [-0.1, -0.05) is 35.5 Å². The summed E-state index contributed by atoms with van der Waals surface area (Å²) in [7, 11) is 0. The van der Waals surface area contributed by atoms with Gasteiger partial charge in [0.15, 0.2) is 17.1 Å². The number of amides is 1. The smallest absolute Gasteiger partial charge is 0.343 e. The van der Waals surface area contributed by atoms with Crippen molar-refractivity contribution in [3.63, 3.8) is 0 Å². The maximum atomic E-state index is 12.0. The van der Waals surface area contributed by atoms with Crippen molar-refractivity contribution in [1.82, 2.24) is 10.1 Å². The molecule has 2 heterocycles. The van der Waals surface area contributed by atoms with Crippen LogP contribution in [0, 0.1) is 5.92 Å². The molecule has 2 aromatic rings. The van der Waals surface area contributed by atoms with Gasteiger partial charge in [-0.25, -0.2) is 4.79 Å². The van der Waals surface area contributed by atoms with Crippen molar-refractivity contribution < 1.29 is 19.2 Å². The lowest BCUT2D eigenvalue weighted by Gasteiger charge is -2.15. The number of rotatable bonds is 6. The van der Waals surface area contributed by atoms with Crippen molar-refractivity contribution in [2.75, 3.05) is 18.4 Å². The second-order valence-electron chi connectivity index (χ2n) is 6.63. The number of likely N-dealkylation sites (tertiary alicyclic amines) is 1. The zero-order valence-corrected chi connectivity index (χ0v) is 13.6. The minimum absolute atomic E-state index is 0.0228. The highest BCUT2D eigenvalue weighted by molar-refractivity contribution is 5.99. The minimum atomic E-state index is -1.09. The lowest BCUT2D eigenvalue weighted by molar-refractivity contribution is -0.128. The highest BCUT2D eigenvalue weighted by Crippen LogP contribution is 2.33. The third-order valence-electron chi connectivity index (χ3n) is 4.73. The maximum Gasteiger partial charge on any atom is 0.343 e. The van der Waals surface area contributed by atoms with Crippen molar-refractivity contribution >= 4 is 17.7 Å². The highest BCUT2D eigenvalue weighted by atomic mass is 16.5. The van der Waals surface area contributed by atoms with E-state index in [1.807, 2.05) is 23.1 Å². The molecule has 1 amide bonds. The van der Waals surface area contributed by atoms with Gasteiger partial charge < -0.3 is 19.8 Å². The summed E-state index contributed by atoms with van der Waals surface area (Å²) in [6.07, 6.45) is 2.69. The van der Waals surface area contributed by atoms with Crippen LogP contribution in [0.15, 0.2) is 34.9 Å². The number of nitrogens with zero attached hydrogens (tertiary/aromatic N) is 2. The van der Waals surface area contributed by atoms with Crippen LogP contribution < -0.4 is 5.32 Å². The summed E-state index contributed by atoms with van der Waals surface area (Å²) in [5.74, 6) is -0.296. The summed E-state index contributed by atoms with van der Waals surface area (Å²) in [6, 6.07) is 9.45. The van der Waals surface area contributed by atoms with E-state index >= 15 is 0 Å². The number of aromatic nitrogens is 1. The summed E-state index contributed by atoms with van der Waals surface area (Å²) >= 11 is 0. The first-order valence-corrected chi connectivity index (χ1v) is 8.45. The number of hydrogen-bond donors (Lipinski definition) is 2. The van der Waals surface area contributed by atoms with Crippen LogP contribution in [0.4, 0.5) is 5.82 Å². The van der Waals surface area contributed by atoms with Crippen LogP contribution in [0.25, 0.3) is 11.3 Å². The molecule has 130 valence electrons. The van der Waals surface area contributed by atoms with Gasteiger partial charge in [0, 0.05) is 37.0 Å². The van der Waals surface area contributed by atoms with Gasteiger partial charge in [-0.05, 0) is 12.8 Å². The van der Waals surface area contributed by atoms with E-state index in [9.17, 15) is 14.7 Å². The Balaban J connectivity index is 1.48. The number of anilines is 1. The predicted molar refractivity (Wildman–Crippen MR) is 90.2 cm³/mol. The first-order chi connectivity index (χ1) is 12.1. The molecule has 1 aliphatic carbocycles. The summed E-state index contributed by atoms with van der Waals surface area (Å²) < 4.78 is 5.28. The molecule has 7 nitrogen and oxygen atoms in total. The summed E-state index contributed by atoms with van der Waals surface area (Å²) in [5.41, 5.74) is 0.686. The maximum absolute atomic E-state index is 12.0. The Morgan fingerprint density at radius 2 is 2.08 bits per heavy atom. The van der Waals surface area contributed by atoms with Gasteiger partial charge in [-0.15, -0.1) is 0 Å². The first-order valence-electron chi connectivity index (χ1n) is 8.45. The average Bonchev–Trinajstić information content (AvgIpc) is 3.24. The van der Waals surface area contributed by atoms with E-state index in [0.29, 0.717) is 24.6 Å². The van der Waals surface area contributed by atoms with Crippen LogP contribution in [-0.2, 0) is 4.79 Å². The SMILES string of the molecule is O=C(O)c1c(NCC2CC(=O)N(C3CC3)C2)noc1-c1ccccc1. The van der Waals surface area contributed by atoms with Gasteiger partial charge in [-0.2, -0.15) is 0 Å². The van der Waals surface area contributed by atoms with Crippen LogP contribution in [0.2, 0.25) is 0 Å². The summed E-state index contributed by atoms with van der Waals surface area (Å²) in [6.45, 7) is 1.22. The molecule has 1 aromatic heterocycles. The van der Waals surface area contributed by atoms with Crippen LogP contribution >= 0.6 is 0 Å². The van der Waals surface area contributed by atoms with Gasteiger partial charge >= 0.3 is 5.97 Å². The van der Waals surface area contributed by atoms with Crippen molar-refractivity contribution in [3.05, 3.63) is 35.9 Å². The Labute approximate surface area is 144 Å². The largest absolute Gasteiger partial charge is 0.477 e. The van der Waals surface area contributed by atoms with E-state index in [0.717, 1.165) is 19.4 Å². The summed E-state index contributed by atoms with van der Waals surface area (Å²) in [5, 5.41) is 16.5. The fourth-order valence-corrected chi connectivity index (χ4v) is 3.32. The van der Waals surface area contributed by atoms with Crippen molar-refractivity contribution in [1.29, 1.82) is 0 Å². The molecular weight excluding hydrogens is 322 g/mol. The number of aromatic carboxylic acids is 1. The predicted octanol–water partition coefficient (Wildman–Crippen LogP) is 2.46. The number of carboxylic acids is 1. The standard InChI is InChI=1S/C18H19N3O4/c22-14-8-11(10-21(14)13-6-7-13)9-19-17-15(18(23)24)16(25-20-17)12-4-2-1-3-5-12/h1-5,11,13H,6-10H2,(H,19,20)(H,23,24). The first kappa shape index (κ1) is 15.7. The number of nitrogens with one attached hydrogen (secondary N) is 1. The van der Waals surface area contributed by atoms with Gasteiger partial charge in [0.05, 0.1) is 0 Å². The molecule has 0 bridgehead atoms. The highest BCUT2D eigenvalue weighted by Gasteiger charge is 2.39. The Bertz CT molecular complexity index is 798. The van der Waals surface area contributed by atoms with Crippen LogP contribution in [0.3, 0.4) is 0 Å². The molecule has 25 heavy (non-hydrogen) atoms. The third-order valence-corrected chi connectivity index (χ3v) is 4.73. The Morgan fingerprint density at radius 3 is 2.76 bits per heavy atom. The third kappa shape index (κ3) is 3.09. The van der Waals surface area contributed by atoms with E-state index < -0.39 is 5.97 Å². The van der Waals surface area contributed by atoms with E-state index in [4.69, 9.17) is 4.52 Å². The number of carbonyl (C=O) groups is 2. The van der Waals surface area contributed by atoms with E-state index in [2.05, 4.69) is 10.5 Å². The number of benzene rings is 1. The monoisotopic (exact) mass is 341 g/mol. The average molecular weight is 341 g/mol. The molecule has 1 saturated carbocycles. The van der Waals surface area contributed by atoms with Crippen LogP contribution in [0.1, 0.15) is 29.6 Å². The Morgan fingerprint density at radius 1 is 1.32 bits per heavy atom. The molecule has 1 aromatic carbocycles. The zero-order chi connectivity index (χ0) is 17.4. The fourth-order valence-electron chi connectivity index (χ4n) is 3.32. The Kier molecular flexibility index (Phi) is 3.91. The van der Waals surface area contributed by atoms with E-state index in [-0.39, 0.29) is 29.0 Å². The molecule has 2 N–H and O–H groups in total. The van der Waals surface area contributed by atoms with Crippen molar-refractivity contribution in [3.8, 4) is 11.3 Å². The second-order valence-corrected chi connectivity index (χ2v) is 6.63. The normalized spacial score (nSPS) is 20.1. The topological polar surface area (TPSA) is 95.7 Å². The number of carbonyl (C=O) groups excluding carboxylic acids is 1. The zero-order valence-electron chi connectivity index (χ0n) is 13.6. The molecule has 1 aliphatic heterocycles. The molecule has 1 atom stereocenters.